The summed E-state index contributed by atoms with van der Waals surface area (Å²) < 4.78 is 6.86. The Morgan fingerprint density at radius 1 is 1.50 bits per heavy atom. The van der Waals surface area contributed by atoms with Crippen molar-refractivity contribution in [3.8, 4) is 5.75 Å². The number of ether oxygens (including phenoxy) is 1. The number of nitrogens with zero attached hydrogens (tertiary/aromatic N) is 3. The highest BCUT2D eigenvalue weighted by atomic mass is 16.5. The van der Waals surface area contributed by atoms with Gasteiger partial charge in [0.15, 0.2) is 0 Å². The smallest absolute Gasteiger partial charge is 0.253 e. The average Bonchev–Trinajstić information content (AvgIpc) is 2.84. The molecule has 106 valence electrons. The average molecular weight is 275 g/mol. The summed E-state index contributed by atoms with van der Waals surface area (Å²) in [4.78, 5) is 12.0. The number of hydrogen-bond donors (Lipinski definition) is 2. The first-order chi connectivity index (χ1) is 9.61. The van der Waals surface area contributed by atoms with Gasteiger partial charge in [-0.2, -0.15) is 0 Å². The van der Waals surface area contributed by atoms with Gasteiger partial charge in [-0.25, -0.2) is 0 Å². The lowest BCUT2D eigenvalue weighted by Gasteiger charge is -2.08. The Morgan fingerprint density at radius 2 is 2.30 bits per heavy atom. The van der Waals surface area contributed by atoms with Gasteiger partial charge in [-0.1, -0.05) is 0 Å². The van der Waals surface area contributed by atoms with Crippen LogP contribution in [0.1, 0.15) is 16.2 Å². The van der Waals surface area contributed by atoms with Crippen LogP contribution in [0.5, 0.6) is 5.75 Å². The van der Waals surface area contributed by atoms with Gasteiger partial charge in [-0.15, -0.1) is 10.2 Å². The van der Waals surface area contributed by atoms with E-state index < -0.39 is 0 Å². The van der Waals surface area contributed by atoms with E-state index >= 15 is 0 Å². The molecule has 7 nitrogen and oxygen atoms in total. The molecule has 1 aromatic carbocycles. The van der Waals surface area contributed by atoms with E-state index in [1.807, 2.05) is 11.6 Å². The molecule has 0 fully saturated rings. The fraction of sp³-hybridized carbons (Fsp3) is 0.308. The van der Waals surface area contributed by atoms with Crippen molar-refractivity contribution >= 4 is 11.6 Å². The molecule has 2 rings (SSSR count). The van der Waals surface area contributed by atoms with E-state index in [2.05, 4.69) is 15.5 Å². The van der Waals surface area contributed by atoms with Gasteiger partial charge in [0.2, 0.25) is 0 Å². The minimum atomic E-state index is -0.215. The third-order valence-corrected chi connectivity index (χ3v) is 2.94. The Hall–Kier alpha value is -2.57. The van der Waals surface area contributed by atoms with E-state index in [9.17, 15) is 4.79 Å². The van der Waals surface area contributed by atoms with Gasteiger partial charge in [-0.05, 0) is 12.1 Å². The molecule has 0 spiro atoms. The molecular weight excluding hydrogens is 258 g/mol. The maximum Gasteiger partial charge on any atom is 0.253 e. The molecular formula is C13H17N5O2. The summed E-state index contributed by atoms with van der Waals surface area (Å²) in [6.07, 6.45) is 2.23. The molecule has 1 heterocycles. The lowest BCUT2D eigenvalue weighted by Crippen LogP contribution is -2.27. The van der Waals surface area contributed by atoms with Gasteiger partial charge < -0.3 is 20.4 Å². The first kappa shape index (κ1) is 13.9. The molecule has 0 bridgehead atoms. The first-order valence-corrected chi connectivity index (χ1v) is 6.16. The minimum absolute atomic E-state index is 0.215. The van der Waals surface area contributed by atoms with E-state index in [1.54, 1.807) is 31.6 Å². The van der Waals surface area contributed by atoms with Crippen LogP contribution in [0.2, 0.25) is 0 Å². The van der Waals surface area contributed by atoms with E-state index in [4.69, 9.17) is 10.5 Å². The Morgan fingerprint density at radius 3 is 2.90 bits per heavy atom. The third kappa shape index (κ3) is 3.05. The highest BCUT2D eigenvalue weighted by Crippen LogP contribution is 2.19. The molecule has 0 aliphatic rings. The lowest BCUT2D eigenvalue weighted by molar-refractivity contribution is 0.0955. The summed E-state index contributed by atoms with van der Waals surface area (Å²) in [6.45, 7) is 0.469. The number of anilines is 1. The molecule has 0 saturated carbocycles. The number of rotatable bonds is 5. The van der Waals surface area contributed by atoms with Gasteiger partial charge in [0, 0.05) is 31.8 Å². The second kappa shape index (κ2) is 6.05. The molecule has 1 aromatic heterocycles. The first-order valence-electron chi connectivity index (χ1n) is 6.16. The maximum atomic E-state index is 12.0. The number of benzene rings is 1. The monoisotopic (exact) mass is 275 g/mol. The quantitative estimate of drug-likeness (QED) is 0.769. The zero-order valence-electron chi connectivity index (χ0n) is 11.5. The predicted molar refractivity (Wildman–Crippen MR) is 74.4 cm³/mol. The highest BCUT2D eigenvalue weighted by molar-refractivity contribution is 5.99. The van der Waals surface area contributed by atoms with Crippen LogP contribution in [0.3, 0.4) is 0 Å². The van der Waals surface area contributed by atoms with Crippen molar-refractivity contribution in [2.75, 3.05) is 19.4 Å². The highest BCUT2D eigenvalue weighted by Gasteiger charge is 2.10. The molecule has 0 saturated heterocycles. The van der Waals surface area contributed by atoms with Crippen molar-refractivity contribution in [1.29, 1.82) is 0 Å². The largest absolute Gasteiger partial charge is 0.497 e. The third-order valence-electron chi connectivity index (χ3n) is 2.94. The summed E-state index contributed by atoms with van der Waals surface area (Å²) >= 11 is 0. The molecule has 20 heavy (non-hydrogen) atoms. The van der Waals surface area contributed by atoms with Crippen LogP contribution in [0, 0.1) is 0 Å². The Kier molecular flexibility index (Phi) is 4.19. The molecule has 7 heteroatoms. The SMILES string of the molecule is COc1ccc(C(=O)NCCc2nncn2C)c(N)c1. The van der Waals surface area contributed by atoms with Gasteiger partial charge >= 0.3 is 0 Å². The van der Waals surface area contributed by atoms with Crippen LogP contribution in [-0.2, 0) is 13.5 Å². The van der Waals surface area contributed by atoms with Gasteiger partial charge in [0.25, 0.3) is 5.91 Å². The molecule has 1 amide bonds. The van der Waals surface area contributed by atoms with Crippen LogP contribution in [0.25, 0.3) is 0 Å². The normalized spacial score (nSPS) is 10.3. The number of amides is 1. The van der Waals surface area contributed by atoms with Gasteiger partial charge in [0.05, 0.1) is 12.7 Å². The fourth-order valence-corrected chi connectivity index (χ4v) is 1.79. The number of hydrogen-bond acceptors (Lipinski definition) is 5. The predicted octanol–water partition coefficient (Wildman–Crippen LogP) is 0.378. The standard InChI is InChI=1S/C13H17N5O2/c1-18-8-16-17-12(18)5-6-15-13(19)10-4-3-9(20-2)7-11(10)14/h3-4,7-8H,5-6,14H2,1-2H3,(H,15,19). The van der Waals surface area contributed by atoms with Crippen molar-refractivity contribution in [2.45, 2.75) is 6.42 Å². The van der Waals surface area contributed by atoms with E-state index in [0.717, 1.165) is 5.82 Å². The van der Waals surface area contributed by atoms with Crippen molar-refractivity contribution < 1.29 is 9.53 Å². The molecule has 0 unspecified atom stereocenters. The number of nitrogens with two attached hydrogens (primary N) is 1. The number of nitrogen functional groups attached to an aromatic ring is 1. The number of methoxy groups -OCH3 is 1. The van der Waals surface area contributed by atoms with Crippen LogP contribution in [-0.4, -0.2) is 34.3 Å². The molecule has 0 atom stereocenters. The second-order valence-corrected chi connectivity index (χ2v) is 4.32. The lowest BCUT2D eigenvalue weighted by atomic mass is 10.1. The van der Waals surface area contributed by atoms with E-state index in [0.29, 0.717) is 30.0 Å². The van der Waals surface area contributed by atoms with Gasteiger partial charge in [-0.3, -0.25) is 4.79 Å². The number of nitrogens with one attached hydrogen (secondary N) is 1. The zero-order valence-corrected chi connectivity index (χ0v) is 11.5. The fourth-order valence-electron chi connectivity index (χ4n) is 1.79. The number of carbonyl (C=O) groups is 1. The summed E-state index contributed by atoms with van der Waals surface area (Å²) in [5.74, 6) is 1.22. The number of carbonyl (C=O) groups excluding carboxylic acids is 1. The Labute approximate surface area is 116 Å². The van der Waals surface area contributed by atoms with E-state index in [1.165, 1.54) is 0 Å². The van der Waals surface area contributed by atoms with Gasteiger partial charge in [0.1, 0.15) is 17.9 Å². The van der Waals surface area contributed by atoms with Crippen LogP contribution in [0.15, 0.2) is 24.5 Å². The minimum Gasteiger partial charge on any atom is -0.497 e. The molecule has 0 aliphatic carbocycles. The molecule has 0 radical (unpaired) electrons. The Balaban J connectivity index is 1.93. The molecule has 3 N–H and O–H groups in total. The summed E-state index contributed by atoms with van der Waals surface area (Å²) in [5.41, 5.74) is 6.64. The number of aromatic nitrogens is 3. The molecule has 0 aliphatic heterocycles. The zero-order chi connectivity index (χ0) is 14.5. The van der Waals surface area contributed by atoms with Crippen LogP contribution >= 0.6 is 0 Å². The van der Waals surface area contributed by atoms with Crippen molar-refractivity contribution in [3.63, 3.8) is 0 Å². The van der Waals surface area contributed by atoms with Crippen molar-refractivity contribution in [2.24, 2.45) is 7.05 Å². The summed E-state index contributed by atoms with van der Waals surface area (Å²) in [7, 11) is 3.41. The Bertz CT molecular complexity index is 609. The van der Waals surface area contributed by atoms with Crippen LogP contribution in [0.4, 0.5) is 5.69 Å². The molecule has 2 aromatic rings. The number of aryl methyl sites for hydroxylation is 1. The summed E-state index contributed by atoms with van der Waals surface area (Å²) in [5, 5.41) is 10.5. The summed E-state index contributed by atoms with van der Waals surface area (Å²) in [6, 6.07) is 4.97. The maximum absolute atomic E-state index is 12.0. The second-order valence-electron chi connectivity index (χ2n) is 4.32. The van der Waals surface area contributed by atoms with Crippen molar-refractivity contribution in [3.05, 3.63) is 35.9 Å². The van der Waals surface area contributed by atoms with E-state index in [-0.39, 0.29) is 5.91 Å². The van der Waals surface area contributed by atoms with Crippen molar-refractivity contribution in [1.82, 2.24) is 20.1 Å². The van der Waals surface area contributed by atoms with Crippen LogP contribution < -0.4 is 15.8 Å². The topological polar surface area (TPSA) is 95.1 Å².